The van der Waals surface area contributed by atoms with Crippen LogP contribution in [0.1, 0.15) is 22.7 Å². The molecule has 20 heavy (non-hydrogen) atoms. The van der Waals surface area contributed by atoms with Gasteiger partial charge < -0.3 is 10.5 Å². The van der Waals surface area contributed by atoms with E-state index < -0.39 is 0 Å². The van der Waals surface area contributed by atoms with Gasteiger partial charge in [0.2, 0.25) is 0 Å². The van der Waals surface area contributed by atoms with E-state index in [1.165, 1.54) is 12.1 Å². The number of aryl methyl sites for hydroxylation is 1. The van der Waals surface area contributed by atoms with Crippen molar-refractivity contribution in [2.75, 3.05) is 7.11 Å². The number of methoxy groups -OCH3 is 1. The normalized spacial score (nSPS) is 12.2. The average Bonchev–Trinajstić information content (AvgIpc) is 2.41. The summed E-state index contributed by atoms with van der Waals surface area (Å²) >= 11 is 3.37. The zero-order chi connectivity index (χ0) is 14.7. The number of benzene rings is 2. The third-order valence-corrected chi connectivity index (χ3v) is 4.04. The number of rotatable bonds is 4. The highest BCUT2D eigenvalue weighted by Gasteiger charge is 2.11. The van der Waals surface area contributed by atoms with Gasteiger partial charge in [-0.15, -0.1) is 0 Å². The van der Waals surface area contributed by atoms with E-state index in [-0.39, 0.29) is 11.9 Å². The van der Waals surface area contributed by atoms with Crippen LogP contribution in [-0.2, 0) is 6.42 Å². The zero-order valence-electron chi connectivity index (χ0n) is 11.5. The Morgan fingerprint density at radius 1 is 1.25 bits per heavy atom. The van der Waals surface area contributed by atoms with Crippen molar-refractivity contribution in [2.24, 2.45) is 5.73 Å². The Hall–Kier alpha value is -1.39. The molecule has 0 aliphatic rings. The van der Waals surface area contributed by atoms with Crippen molar-refractivity contribution in [1.29, 1.82) is 0 Å². The number of halogens is 2. The van der Waals surface area contributed by atoms with Crippen molar-refractivity contribution in [1.82, 2.24) is 0 Å². The molecular formula is C16H17BrFNO. The summed E-state index contributed by atoms with van der Waals surface area (Å²) in [6, 6.07) is 10.4. The molecule has 0 fully saturated rings. The molecule has 106 valence electrons. The lowest BCUT2D eigenvalue weighted by molar-refractivity contribution is 0.411. The molecule has 2 aromatic rings. The molecule has 2 aromatic carbocycles. The summed E-state index contributed by atoms with van der Waals surface area (Å²) in [4.78, 5) is 0. The molecule has 0 bridgehead atoms. The lowest BCUT2D eigenvalue weighted by atomic mass is 9.98. The summed E-state index contributed by atoms with van der Waals surface area (Å²) in [5.41, 5.74) is 9.33. The fourth-order valence-electron chi connectivity index (χ4n) is 2.17. The number of ether oxygens (including phenoxy) is 1. The van der Waals surface area contributed by atoms with E-state index in [0.29, 0.717) is 6.42 Å². The molecule has 4 heteroatoms. The number of nitrogens with two attached hydrogens (primary N) is 1. The predicted molar refractivity (Wildman–Crippen MR) is 82.5 cm³/mol. The van der Waals surface area contributed by atoms with Crippen molar-refractivity contribution in [2.45, 2.75) is 19.4 Å². The molecule has 2 N–H and O–H groups in total. The predicted octanol–water partition coefficient (Wildman–Crippen LogP) is 4.15. The highest BCUT2D eigenvalue weighted by Crippen LogP contribution is 2.26. The molecule has 1 unspecified atom stereocenters. The van der Waals surface area contributed by atoms with Crippen LogP contribution in [0.25, 0.3) is 0 Å². The van der Waals surface area contributed by atoms with Gasteiger partial charge in [0.1, 0.15) is 11.6 Å². The third kappa shape index (κ3) is 3.38. The molecule has 2 rings (SSSR count). The van der Waals surface area contributed by atoms with Crippen molar-refractivity contribution in [3.8, 4) is 5.75 Å². The van der Waals surface area contributed by atoms with Crippen LogP contribution < -0.4 is 10.5 Å². The van der Waals surface area contributed by atoms with E-state index in [1.54, 1.807) is 13.2 Å². The van der Waals surface area contributed by atoms with Crippen LogP contribution in [0, 0.1) is 12.7 Å². The summed E-state index contributed by atoms with van der Waals surface area (Å²) in [6.07, 6.45) is 0.645. The van der Waals surface area contributed by atoms with Crippen molar-refractivity contribution in [3.63, 3.8) is 0 Å². The molecule has 0 aliphatic carbocycles. The van der Waals surface area contributed by atoms with Gasteiger partial charge in [0.05, 0.1) is 7.11 Å². The molecule has 0 amide bonds. The number of hydrogen-bond acceptors (Lipinski definition) is 2. The van der Waals surface area contributed by atoms with Gasteiger partial charge in [-0.05, 0) is 48.2 Å². The second-order valence-electron chi connectivity index (χ2n) is 4.78. The maximum absolute atomic E-state index is 13.1. The van der Waals surface area contributed by atoms with E-state index in [0.717, 1.165) is 26.9 Å². The first-order valence-electron chi connectivity index (χ1n) is 6.35. The number of hydrogen-bond donors (Lipinski definition) is 1. The van der Waals surface area contributed by atoms with Crippen molar-refractivity contribution >= 4 is 15.9 Å². The van der Waals surface area contributed by atoms with Gasteiger partial charge in [-0.2, -0.15) is 0 Å². The molecule has 0 heterocycles. The lowest BCUT2D eigenvalue weighted by Crippen LogP contribution is -2.14. The minimum atomic E-state index is -0.255. The summed E-state index contributed by atoms with van der Waals surface area (Å²) in [6.45, 7) is 1.99. The molecule has 1 atom stereocenters. The van der Waals surface area contributed by atoms with Crippen LogP contribution in [0.5, 0.6) is 5.75 Å². The molecule has 2 nitrogen and oxygen atoms in total. The average molecular weight is 338 g/mol. The Morgan fingerprint density at radius 3 is 2.60 bits per heavy atom. The Morgan fingerprint density at radius 2 is 2.00 bits per heavy atom. The third-order valence-electron chi connectivity index (χ3n) is 3.30. The van der Waals surface area contributed by atoms with Gasteiger partial charge in [0.25, 0.3) is 0 Å². The Kier molecular flexibility index (Phi) is 4.78. The highest BCUT2D eigenvalue weighted by atomic mass is 79.9. The van der Waals surface area contributed by atoms with Crippen molar-refractivity contribution in [3.05, 3.63) is 63.4 Å². The fraction of sp³-hybridized carbons (Fsp3) is 0.250. The van der Waals surface area contributed by atoms with Crippen LogP contribution in [0.15, 0.2) is 40.9 Å². The minimum absolute atomic E-state index is 0.138. The van der Waals surface area contributed by atoms with Gasteiger partial charge in [-0.25, -0.2) is 4.39 Å². The molecular weight excluding hydrogens is 321 g/mol. The van der Waals surface area contributed by atoms with E-state index in [1.807, 2.05) is 25.1 Å². The Labute approximate surface area is 126 Å². The second-order valence-corrected chi connectivity index (χ2v) is 5.63. The van der Waals surface area contributed by atoms with Crippen LogP contribution >= 0.6 is 15.9 Å². The molecule has 0 radical (unpaired) electrons. The first-order valence-corrected chi connectivity index (χ1v) is 7.14. The zero-order valence-corrected chi connectivity index (χ0v) is 13.1. The maximum Gasteiger partial charge on any atom is 0.124 e. The summed E-state index contributed by atoms with van der Waals surface area (Å²) in [7, 11) is 1.65. The molecule has 0 aromatic heterocycles. The van der Waals surface area contributed by atoms with Crippen LogP contribution in [0.3, 0.4) is 0 Å². The first-order chi connectivity index (χ1) is 9.51. The molecule has 0 saturated carbocycles. The summed E-state index contributed by atoms with van der Waals surface area (Å²) in [5, 5.41) is 0. The van der Waals surface area contributed by atoms with Crippen molar-refractivity contribution < 1.29 is 9.13 Å². The van der Waals surface area contributed by atoms with Crippen LogP contribution in [0.2, 0.25) is 0 Å². The van der Waals surface area contributed by atoms with Gasteiger partial charge in [-0.1, -0.05) is 34.1 Å². The van der Waals surface area contributed by atoms with Gasteiger partial charge in [0.15, 0.2) is 0 Å². The molecule has 0 aliphatic heterocycles. The minimum Gasteiger partial charge on any atom is -0.496 e. The van der Waals surface area contributed by atoms with Crippen LogP contribution in [-0.4, -0.2) is 7.11 Å². The smallest absolute Gasteiger partial charge is 0.124 e. The maximum atomic E-state index is 13.1. The lowest BCUT2D eigenvalue weighted by Gasteiger charge is -2.15. The van der Waals surface area contributed by atoms with Gasteiger partial charge in [0, 0.05) is 10.5 Å². The monoisotopic (exact) mass is 337 g/mol. The summed E-state index contributed by atoms with van der Waals surface area (Å²) < 4.78 is 19.1. The Bertz CT molecular complexity index is 615. The fourth-order valence-corrected chi connectivity index (χ4v) is 2.69. The largest absolute Gasteiger partial charge is 0.496 e. The molecule has 0 saturated heterocycles. The van der Waals surface area contributed by atoms with Gasteiger partial charge in [-0.3, -0.25) is 0 Å². The standard InChI is InChI=1S/C16H17BrFNO/c1-10-7-12(4-6-16(10)20-2)15(19)8-11-3-5-13(18)9-14(11)17/h3-7,9,15H,8,19H2,1-2H3. The Balaban J connectivity index is 2.19. The molecule has 0 spiro atoms. The highest BCUT2D eigenvalue weighted by molar-refractivity contribution is 9.10. The summed E-state index contributed by atoms with van der Waals surface area (Å²) in [5.74, 6) is 0.596. The van der Waals surface area contributed by atoms with E-state index in [9.17, 15) is 4.39 Å². The topological polar surface area (TPSA) is 35.2 Å². The first kappa shape index (κ1) is 15.0. The SMILES string of the molecule is COc1ccc(C(N)Cc2ccc(F)cc2Br)cc1C. The van der Waals surface area contributed by atoms with Crippen LogP contribution in [0.4, 0.5) is 4.39 Å². The van der Waals surface area contributed by atoms with Gasteiger partial charge >= 0.3 is 0 Å². The second kappa shape index (κ2) is 6.37. The van der Waals surface area contributed by atoms with E-state index in [4.69, 9.17) is 10.5 Å². The quantitative estimate of drug-likeness (QED) is 0.909. The van der Waals surface area contributed by atoms with E-state index >= 15 is 0 Å². The van der Waals surface area contributed by atoms with E-state index in [2.05, 4.69) is 15.9 Å².